The summed E-state index contributed by atoms with van der Waals surface area (Å²) < 4.78 is 27.8. The summed E-state index contributed by atoms with van der Waals surface area (Å²) in [6.45, 7) is 3.74. The monoisotopic (exact) mass is 415 g/mol. The van der Waals surface area contributed by atoms with Crippen LogP contribution < -0.4 is 4.90 Å². The second-order valence-corrected chi connectivity index (χ2v) is 10.3. The van der Waals surface area contributed by atoms with E-state index in [0.29, 0.717) is 21.8 Å². The van der Waals surface area contributed by atoms with Gasteiger partial charge in [-0.25, -0.2) is 0 Å². The fourth-order valence-electron chi connectivity index (χ4n) is 4.27. The van der Waals surface area contributed by atoms with E-state index in [4.69, 9.17) is 11.6 Å². The van der Waals surface area contributed by atoms with Gasteiger partial charge >= 0.3 is 0 Å². The van der Waals surface area contributed by atoms with Crippen LogP contribution in [0.2, 0.25) is 5.02 Å². The Hall–Kier alpha value is -2.05. The van der Waals surface area contributed by atoms with Crippen molar-refractivity contribution in [2.75, 3.05) is 18.0 Å². The Kier molecular flexibility index (Phi) is 4.00. The van der Waals surface area contributed by atoms with Crippen LogP contribution in [0.5, 0.6) is 0 Å². The molecule has 3 aromatic rings. The molecular weight excluding hydrogens is 394 g/mol. The van der Waals surface area contributed by atoms with Crippen molar-refractivity contribution in [2.24, 2.45) is 5.41 Å². The second kappa shape index (κ2) is 6.22. The van der Waals surface area contributed by atoms with Gasteiger partial charge in [-0.1, -0.05) is 35.4 Å². The quantitative estimate of drug-likeness (QED) is 0.626. The number of benzene rings is 2. The highest BCUT2D eigenvalue weighted by molar-refractivity contribution is 7.90. The summed E-state index contributed by atoms with van der Waals surface area (Å²) in [6, 6.07) is 12.2. The minimum Gasteiger partial charge on any atom is -0.354 e. The van der Waals surface area contributed by atoms with Crippen molar-refractivity contribution in [3.8, 4) is 0 Å². The number of aromatic nitrogens is 2. The molecule has 2 aliphatic rings. The summed E-state index contributed by atoms with van der Waals surface area (Å²) in [4.78, 5) is 2.46. The van der Waals surface area contributed by atoms with Crippen LogP contribution in [0.4, 0.5) is 5.82 Å². The highest BCUT2D eigenvalue weighted by atomic mass is 35.5. The van der Waals surface area contributed by atoms with Crippen molar-refractivity contribution in [3.05, 3.63) is 53.1 Å². The van der Waals surface area contributed by atoms with Gasteiger partial charge in [0.1, 0.15) is 0 Å². The molecule has 1 saturated heterocycles. The minimum atomic E-state index is -3.81. The summed E-state index contributed by atoms with van der Waals surface area (Å²) in [6.07, 6.45) is 4.84. The molecule has 5 rings (SSSR count). The molecule has 2 aromatic carbocycles. The first-order valence-electron chi connectivity index (χ1n) is 9.64. The van der Waals surface area contributed by atoms with Crippen LogP contribution in [0.3, 0.4) is 0 Å². The van der Waals surface area contributed by atoms with E-state index in [1.807, 2.05) is 6.92 Å². The number of hydrogen-bond donors (Lipinski definition) is 0. The topological polar surface area (TPSA) is 55.2 Å². The van der Waals surface area contributed by atoms with Gasteiger partial charge < -0.3 is 4.90 Å². The van der Waals surface area contributed by atoms with Gasteiger partial charge in [0.2, 0.25) is 0 Å². The zero-order chi connectivity index (χ0) is 19.5. The van der Waals surface area contributed by atoms with Crippen molar-refractivity contribution in [1.29, 1.82) is 0 Å². The van der Waals surface area contributed by atoms with Crippen LogP contribution in [0.25, 0.3) is 10.9 Å². The van der Waals surface area contributed by atoms with Crippen LogP contribution in [0.15, 0.2) is 47.4 Å². The summed E-state index contributed by atoms with van der Waals surface area (Å²) >= 11 is 6.52. The molecule has 1 aliphatic carbocycles. The van der Waals surface area contributed by atoms with E-state index in [-0.39, 0.29) is 4.90 Å². The predicted octanol–water partition coefficient (Wildman–Crippen LogP) is 4.62. The first-order chi connectivity index (χ1) is 13.4. The molecular formula is C21H22ClN3O2S. The first-order valence-corrected chi connectivity index (χ1v) is 11.5. The number of aryl methyl sites for hydroxylation is 1. The number of nitrogens with zero attached hydrogens (tertiary/aromatic N) is 3. The molecule has 2 fully saturated rings. The van der Waals surface area contributed by atoms with Gasteiger partial charge in [-0.2, -0.15) is 12.5 Å². The van der Waals surface area contributed by atoms with Crippen molar-refractivity contribution in [1.82, 2.24) is 9.19 Å². The smallest absolute Gasteiger partial charge is 0.283 e. The molecule has 0 radical (unpaired) electrons. The number of hydrogen-bond acceptors (Lipinski definition) is 4. The zero-order valence-corrected chi connectivity index (χ0v) is 17.3. The van der Waals surface area contributed by atoms with Gasteiger partial charge in [-0.3, -0.25) is 0 Å². The number of rotatable bonds is 3. The van der Waals surface area contributed by atoms with Crippen molar-refractivity contribution >= 4 is 38.3 Å². The first kappa shape index (κ1) is 18.0. The third-order valence-corrected chi connectivity index (χ3v) is 7.99. The maximum atomic E-state index is 13.3. The molecule has 0 bridgehead atoms. The van der Waals surface area contributed by atoms with Gasteiger partial charge in [0.05, 0.1) is 20.8 Å². The molecule has 0 atom stereocenters. The number of fused-ring (bicyclic) bond motifs is 1. The average Bonchev–Trinajstić information content (AvgIpc) is 3.28. The predicted molar refractivity (Wildman–Crippen MR) is 112 cm³/mol. The summed E-state index contributed by atoms with van der Waals surface area (Å²) in [7, 11) is -3.81. The Labute approximate surface area is 170 Å². The summed E-state index contributed by atoms with van der Waals surface area (Å²) in [5.74, 6) is 0.683. The Morgan fingerprint density at radius 1 is 1.07 bits per heavy atom. The van der Waals surface area contributed by atoms with Crippen molar-refractivity contribution in [3.63, 3.8) is 0 Å². The lowest BCUT2D eigenvalue weighted by molar-refractivity contribution is 0.394. The maximum Gasteiger partial charge on any atom is 0.283 e. The Bertz CT molecular complexity index is 1160. The normalized spacial score (nSPS) is 18.7. The molecule has 0 amide bonds. The molecule has 28 heavy (non-hydrogen) atoms. The van der Waals surface area contributed by atoms with Gasteiger partial charge in [-0.15, -0.1) is 5.10 Å². The lowest BCUT2D eigenvalue weighted by Gasteiger charge is -2.33. The van der Waals surface area contributed by atoms with E-state index in [9.17, 15) is 8.42 Å². The molecule has 0 unspecified atom stereocenters. The van der Waals surface area contributed by atoms with Crippen LogP contribution in [0, 0.1) is 12.3 Å². The Balaban J connectivity index is 1.68. The van der Waals surface area contributed by atoms with E-state index in [2.05, 4.69) is 10.00 Å². The molecule has 7 heteroatoms. The summed E-state index contributed by atoms with van der Waals surface area (Å²) in [5.41, 5.74) is 1.93. The molecule has 5 nitrogen and oxygen atoms in total. The molecule has 0 N–H and O–H groups in total. The highest BCUT2D eigenvalue weighted by Crippen LogP contribution is 2.53. The van der Waals surface area contributed by atoms with Crippen LogP contribution in [-0.4, -0.2) is 30.7 Å². The maximum absolute atomic E-state index is 13.3. The molecule has 2 heterocycles. The summed E-state index contributed by atoms with van der Waals surface area (Å²) in [5, 5.41) is 5.86. The molecule has 1 aliphatic heterocycles. The van der Waals surface area contributed by atoms with E-state index in [0.717, 1.165) is 34.5 Å². The molecule has 146 valence electrons. The Morgan fingerprint density at radius 3 is 2.54 bits per heavy atom. The van der Waals surface area contributed by atoms with Crippen LogP contribution >= 0.6 is 11.6 Å². The standard InChI is InChI=1S/C21H22ClN3O2S/c1-15-6-8-16(9-7-15)28(26,27)25-18-5-2-4-17(22)19(18)20(23-25)24-13-3-10-21(14-24)11-12-21/h2,4-9H,3,10-14H2,1H3. The third kappa shape index (κ3) is 2.81. The van der Waals surface area contributed by atoms with Gasteiger partial charge in [0.15, 0.2) is 5.82 Å². The van der Waals surface area contributed by atoms with Crippen molar-refractivity contribution < 1.29 is 8.42 Å². The lowest BCUT2D eigenvalue weighted by Crippen LogP contribution is -2.37. The molecule has 1 aromatic heterocycles. The average molecular weight is 416 g/mol. The van der Waals surface area contributed by atoms with Gasteiger partial charge in [-0.05, 0) is 62.3 Å². The second-order valence-electron chi connectivity index (χ2n) is 8.14. The number of piperidine rings is 1. The van der Waals surface area contributed by atoms with Crippen LogP contribution in [0.1, 0.15) is 31.2 Å². The van der Waals surface area contributed by atoms with Gasteiger partial charge in [0.25, 0.3) is 10.0 Å². The fourth-order valence-corrected chi connectivity index (χ4v) is 5.80. The van der Waals surface area contributed by atoms with E-state index < -0.39 is 10.0 Å². The van der Waals surface area contributed by atoms with E-state index in [1.165, 1.54) is 19.3 Å². The molecule has 1 saturated carbocycles. The van der Waals surface area contributed by atoms with E-state index in [1.54, 1.807) is 42.5 Å². The van der Waals surface area contributed by atoms with Crippen LogP contribution in [-0.2, 0) is 10.0 Å². The Morgan fingerprint density at radius 2 is 1.82 bits per heavy atom. The number of halogens is 1. The van der Waals surface area contributed by atoms with E-state index >= 15 is 0 Å². The zero-order valence-electron chi connectivity index (χ0n) is 15.7. The molecule has 1 spiro atoms. The number of anilines is 1. The van der Waals surface area contributed by atoms with Gasteiger partial charge in [0, 0.05) is 13.1 Å². The SMILES string of the molecule is Cc1ccc(S(=O)(=O)n2nc(N3CCCC4(CC4)C3)c3c(Cl)cccc32)cc1. The minimum absolute atomic E-state index is 0.228. The van der Waals surface area contributed by atoms with Crippen molar-refractivity contribution in [2.45, 2.75) is 37.5 Å². The lowest BCUT2D eigenvalue weighted by atomic mass is 9.95. The highest BCUT2D eigenvalue weighted by Gasteiger charge is 2.46. The fraction of sp³-hybridized carbons (Fsp3) is 0.381. The largest absolute Gasteiger partial charge is 0.354 e. The third-order valence-electron chi connectivity index (χ3n) is 6.07.